The molecule has 0 saturated heterocycles. The SMILES string of the molecule is CNCc1ccnc(N(C)CC2CC2)c1. The van der Waals surface area contributed by atoms with Crippen LogP contribution in [0.5, 0.6) is 0 Å². The van der Waals surface area contributed by atoms with Gasteiger partial charge < -0.3 is 10.2 Å². The summed E-state index contributed by atoms with van der Waals surface area (Å²) in [4.78, 5) is 6.66. The van der Waals surface area contributed by atoms with Gasteiger partial charge in [0.15, 0.2) is 0 Å². The average Bonchev–Trinajstić information content (AvgIpc) is 3.03. The summed E-state index contributed by atoms with van der Waals surface area (Å²) in [6.07, 6.45) is 4.67. The van der Waals surface area contributed by atoms with Crippen molar-refractivity contribution in [1.82, 2.24) is 10.3 Å². The van der Waals surface area contributed by atoms with Crippen LogP contribution in [0.3, 0.4) is 0 Å². The van der Waals surface area contributed by atoms with Crippen molar-refractivity contribution in [2.75, 3.05) is 25.5 Å². The Morgan fingerprint density at radius 3 is 3.00 bits per heavy atom. The van der Waals surface area contributed by atoms with E-state index in [-0.39, 0.29) is 0 Å². The van der Waals surface area contributed by atoms with E-state index >= 15 is 0 Å². The molecule has 1 fully saturated rings. The molecule has 1 aromatic heterocycles. The third kappa shape index (κ3) is 2.93. The quantitative estimate of drug-likeness (QED) is 0.792. The number of nitrogens with one attached hydrogen (secondary N) is 1. The fourth-order valence-corrected chi connectivity index (χ4v) is 1.76. The molecule has 82 valence electrons. The van der Waals surface area contributed by atoms with Crippen molar-refractivity contribution in [3.05, 3.63) is 23.9 Å². The highest BCUT2D eigenvalue weighted by molar-refractivity contribution is 5.40. The Labute approximate surface area is 91.5 Å². The van der Waals surface area contributed by atoms with Gasteiger partial charge in [0.25, 0.3) is 0 Å². The first kappa shape index (κ1) is 10.4. The van der Waals surface area contributed by atoms with E-state index in [1.807, 2.05) is 13.2 Å². The van der Waals surface area contributed by atoms with Crippen LogP contribution in [-0.2, 0) is 6.54 Å². The molecule has 0 amide bonds. The van der Waals surface area contributed by atoms with Crippen LogP contribution < -0.4 is 10.2 Å². The van der Waals surface area contributed by atoms with Gasteiger partial charge in [-0.25, -0.2) is 4.98 Å². The Hall–Kier alpha value is -1.09. The molecule has 1 heterocycles. The predicted molar refractivity (Wildman–Crippen MR) is 63.0 cm³/mol. The monoisotopic (exact) mass is 205 g/mol. The number of rotatable bonds is 5. The standard InChI is InChI=1S/C12H19N3/c1-13-8-11-5-6-14-12(7-11)15(2)9-10-3-4-10/h5-7,10,13H,3-4,8-9H2,1-2H3. The fourth-order valence-electron chi connectivity index (χ4n) is 1.76. The number of pyridine rings is 1. The summed E-state index contributed by atoms with van der Waals surface area (Å²) in [7, 11) is 4.10. The van der Waals surface area contributed by atoms with Crippen molar-refractivity contribution in [3.8, 4) is 0 Å². The summed E-state index contributed by atoms with van der Waals surface area (Å²) in [5.74, 6) is 2.00. The molecule has 15 heavy (non-hydrogen) atoms. The molecule has 1 aromatic rings. The van der Waals surface area contributed by atoms with Crippen LogP contribution in [0, 0.1) is 5.92 Å². The van der Waals surface area contributed by atoms with Crippen molar-refractivity contribution in [2.45, 2.75) is 19.4 Å². The highest BCUT2D eigenvalue weighted by Crippen LogP contribution is 2.30. The van der Waals surface area contributed by atoms with Gasteiger partial charge in [0.1, 0.15) is 5.82 Å². The zero-order valence-corrected chi connectivity index (χ0v) is 9.53. The maximum atomic E-state index is 4.40. The van der Waals surface area contributed by atoms with Crippen LogP contribution in [0.1, 0.15) is 18.4 Å². The molecular weight excluding hydrogens is 186 g/mol. The Balaban J connectivity index is 2.01. The fraction of sp³-hybridized carbons (Fsp3) is 0.583. The van der Waals surface area contributed by atoms with Crippen molar-refractivity contribution in [3.63, 3.8) is 0 Å². The molecule has 3 nitrogen and oxygen atoms in total. The molecule has 1 N–H and O–H groups in total. The molecule has 1 saturated carbocycles. The number of aromatic nitrogens is 1. The van der Waals surface area contributed by atoms with Crippen molar-refractivity contribution < 1.29 is 0 Å². The van der Waals surface area contributed by atoms with Crippen LogP contribution in [0.4, 0.5) is 5.82 Å². The van der Waals surface area contributed by atoms with E-state index in [9.17, 15) is 0 Å². The molecular formula is C12H19N3. The highest BCUT2D eigenvalue weighted by Gasteiger charge is 2.23. The second kappa shape index (κ2) is 4.62. The molecule has 1 aliphatic carbocycles. The van der Waals surface area contributed by atoms with Gasteiger partial charge in [0.2, 0.25) is 0 Å². The molecule has 1 aliphatic rings. The largest absolute Gasteiger partial charge is 0.359 e. The summed E-state index contributed by atoms with van der Waals surface area (Å²) in [6, 6.07) is 4.23. The zero-order chi connectivity index (χ0) is 10.7. The molecule has 0 bridgehead atoms. The van der Waals surface area contributed by atoms with Gasteiger partial charge in [-0.2, -0.15) is 0 Å². The van der Waals surface area contributed by atoms with Crippen LogP contribution in [0.15, 0.2) is 18.3 Å². The first-order valence-electron chi connectivity index (χ1n) is 5.60. The summed E-state index contributed by atoms with van der Waals surface area (Å²) in [5.41, 5.74) is 1.30. The van der Waals surface area contributed by atoms with Crippen LogP contribution in [0.25, 0.3) is 0 Å². The van der Waals surface area contributed by atoms with E-state index in [1.165, 1.54) is 18.4 Å². The number of anilines is 1. The van der Waals surface area contributed by atoms with E-state index in [4.69, 9.17) is 0 Å². The Morgan fingerprint density at radius 1 is 1.53 bits per heavy atom. The minimum absolute atomic E-state index is 0.907. The van der Waals surface area contributed by atoms with Gasteiger partial charge in [0, 0.05) is 26.3 Å². The molecule has 0 aliphatic heterocycles. The van der Waals surface area contributed by atoms with E-state index in [0.717, 1.165) is 24.8 Å². The van der Waals surface area contributed by atoms with Crippen molar-refractivity contribution >= 4 is 5.82 Å². The van der Waals surface area contributed by atoms with Crippen LogP contribution in [0.2, 0.25) is 0 Å². The van der Waals surface area contributed by atoms with Gasteiger partial charge in [-0.1, -0.05) is 0 Å². The number of nitrogens with zero attached hydrogens (tertiary/aromatic N) is 2. The van der Waals surface area contributed by atoms with E-state index < -0.39 is 0 Å². The molecule has 2 rings (SSSR count). The molecule has 0 radical (unpaired) electrons. The lowest BCUT2D eigenvalue weighted by Crippen LogP contribution is -2.21. The van der Waals surface area contributed by atoms with Gasteiger partial charge in [-0.15, -0.1) is 0 Å². The molecule has 0 atom stereocenters. The highest BCUT2D eigenvalue weighted by atomic mass is 15.2. The maximum absolute atomic E-state index is 4.40. The van der Waals surface area contributed by atoms with Gasteiger partial charge in [-0.3, -0.25) is 0 Å². The lowest BCUT2D eigenvalue weighted by Gasteiger charge is -2.18. The summed E-state index contributed by atoms with van der Waals surface area (Å²) in [5, 5.41) is 3.16. The Morgan fingerprint density at radius 2 is 2.33 bits per heavy atom. The summed E-state index contributed by atoms with van der Waals surface area (Å²) < 4.78 is 0. The lowest BCUT2D eigenvalue weighted by molar-refractivity contribution is 0.771. The smallest absolute Gasteiger partial charge is 0.128 e. The third-order valence-electron chi connectivity index (χ3n) is 2.81. The van der Waals surface area contributed by atoms with Crippen LogP contribution in [-0.4, -0.2) is 25.6 Å². The van der Waals surface area contributed by atoms with Crippen LogP contribution >= 0.6 is 0 Å². The molecule has 0 aromatic carbocycles. The van der Waals surface area contributed by atoms with Gasteiger partial charge in [0.05, 0.1) is 0 Å². The second-order valence-electron chi connectivity index (χ2n) is 4.38. The van der Waals surface area contributed by atoms with E-state index in [1.54, 1.807) is 0 Å². The normalized spacial score (nSPS) is 15.3. The minimum Gasteiger partial charge on any atom is -0.359 e. The molecule has 0 unspecified atom stereocenters. The van der Waals surface area contributed by atoms with Gasteiger partial charge >= 0.3 is 0 Å². The number of hydrogen-bond acceptors (Lipinski definition) is 3. The van der Waals surface area contributed by atoms with Crippen molar-refractivity contribution in [1.29, 1.82) is 0 Å². The lowest BCUT2D eigenvalue weighted by atomic mass is 10.2. The summed E-state index contributed by atoms with van der Waals surface area (Å²) in [6.45, 7) is 2.06. The minimum atomic E-state index is 0.907. The second-order valence-corrected chi connectivity index (χ2v) is 4.38. The summed E-state index contributed by atoms with van der Waals surface area (Å²) >= 11 is 0. The predicted octanol–water partition coefficient (Wildman–Crippen LogP) is 1.65. The first-order valence-corrected chi connectivity index (χ1v) is 5.60. The van der Waals surface area contributed by atoms with E-state index in [2.05, 4.69) is 34.4 Å². The van der Waals surface area contributed by atoms with Crippen molar-refractivity contribution in [2.24, 2.45) is 5.92 Å². The average molecular weight is 205 g/mol. The molecule has 0 spiro atoms. The maximum Gasteiger partial charge on any atom is 0.128 e. The Kier molecular flexibility index (Phi) is 3.21. The number of hydrogen-bond donors (Lipinski definition) is 1. The first-order chi connectivity index (χ1) is 7.29. The van der Waals surface area contributed by atoms with E-state index in [0.29, 0.717) is 0 Å². The third-order valence-corrected chi connectivity index (χ3v) is 2.81. The van der Waals surface area contributed by atoms with Gasteiger partial charge in [-0.05, 0) is 43.5 Å². The molecule has 3 heteroatoms. The topological polar surface area (TPSA) is 28.2 Å². The Bertz CT molecular complexity index is 320. The zero-order valence-electron chi connectivity index (χ0n) is 9.53.